The third-order valence-corrected chi connectivity index (χ3v) is 1.45. The fourth-order valence-electron chi connectivity index (χ4n) is 0.864. The van der Waals surface area contributed by atoms with Crippen molar-refractivity contribution in [3.63, 3.8) is 0 Å². The number of nitrogens with one attached hydrogen (secondary N) is 1. The lowest BCUT2D eigenvalue weighted by atomic mass is 10.1. The molecule has 56 valence electrons. The van der Waals surface area contributed by atoms with Crippen LogP contribution in [-0.2, 0) is 0 Å². The van der Waals surface area contributed by atoms with Crippen molar-refractivity contribution in [2.45, 2.75) is 19.8 Å². The van der Waals surface area contributed by atoms with Gasteiger partial charge in [0.25, 0.3) is 0 Å². The molecular weight excluding hydrogens is 128 g/mol. The van der Waals surface area contributed by atoms with Crippen LogP contribution in [-0.4, -0.2) is 17.3 Å². The Morgan fingerprint density at radius 1 is 1.60 bits per heavy atom. The van der Waals surface area contributed by atoms with Crippen molar-refractivity contribution < 1.29 is 4.74 Å². The second-order valence-corrected chi connectivity index (χ2v) is 2.50. The van der Waals surface area contributed by atoms with Gasteiger partial charge in [-0.15, -0.1) is 5.10 Å². The van der Waals surface area contributed by atoms with Gasteiger partial charge in [0, 0.05) is 11.8 Å². The average Bonchev–Trinajstić information content (AvgIpc) is 2.33. The first-order valence-corrected chi connectivity index (χ1v) is 3.33. The maximum Gasteiger partial charge on any atom is 0.235 e. The third kappa shape index (κ3) is 1.12. The molecule has 1 heterocycles. The summed E-state index contributed by atoms with van der Waals surface area (Å²) in [6, 6.07) is 0. The van der Waals surface area contributed by atoms with E-state index in [1.54, 1.807) is 7.11 Å². The normalized spacial score (nSPS) is 10.4. The van der Waals surface area contributed by atoms with Gasteiger partial charge in [-0.05, 0) is 5.92 Å². The lowest BCUT2D eigenvalue weighted by Gasteiger charge is -2.01. The minimum Gasteiger partial charge on any atom is -0.480 e. The number of nitrogens with zero attached hydrogens (tertiary/aromatic N) is 1. The van der Waals surface area contributed by atoms with E-state index in [0.29, 0.717) is 11.8 Å². The van der Waals surface area contributed by atoms with Crippen LogP contribution in [0.5, 0.6) is 5.88 Å². The van der Waals surface area contributed by atoms with Crippen molar-refractivity contribution in [1.82, 2.24) is 10.2 Å². The van der Waals surface area contributed by atoms with Crippen LogP contribution >= 0.6 is 0 Å². The largest absolute Gasteiger partial charge is 0.480 e. The van der Waals surface area contributed by atoms with Gasteiger partial charge >= 0.3 is 0 Å². The number of ether oxygens (including phenoxy) is 1. The molecule has 0 amide bonds. The molecule has 1 N–H and O–H groups in total. The fraction of sp³-hybridized carbons (Fsp3) is 0.571. The quantitative estimate of drug-likeness (QED) is 0.676. The van der Waals surface area contributed by atoms with Crippen LogP contribution in [0.15, 0.2) is 6.20 Å². The van der Waals surface area contributed by atoms with Crippen molar-refractivity contribution in [2.75, 3.05) is 7.11 Å². The molecule has 0 saturated carbocycles. The van der Waals surface area contributed by atoms with Crippen molar-refractivity contribution in [1.29, 1.82) is 0 Å². The average molecular weight is 140 g/mol. The summed E-state index contributed by atoms with van der Waals surface area (Å²) in [7, 11) is 1.63. The van der Waals surface area contributed by atoms with E-state index in [-0.39, 0.29) is 0 Å². The number of methoxy groups -OCH3 is 1. The lowest BCUT2D eigenvalue weighted by Crippen LogP contribution is -1.90. The van der Waals surface area contributed by atoms with Crippen LogP contribution in [0.4, 0.5) is 0 Å². The van der Waals surface area contributed by atoms with Gasteiger partial charge in [0.2, 0.25) is 5.88 Å². The van der Waals surface area contributed by atoms with E-state index in [1.807, 2.05) is 6.20 Å². The van der Waals surface area contributed by atoms with Crippen molar-refractivity contribution in [2.24, 2.45) is 0 Å². The third-order valence-electron chi connectivity index (χ3n) is 1.45. The zero-order chi connectivity index (χ0) is 7.56. The molecule has 0 aliphatic heterocycles. The Morgan fingerprint density at radius 2 is 2.30 bits per heavy atom. The Bertz CT molecular complexity index is 205. The van der Waals surface area contributed by atoms with Crippen LogP contribution in [0.2, 0.25) is 0 Å². The van der Waals surface area contributed by atoms with Gasteiger partial charge in [0.15, 0.2) is 0 Å². The number of hydrogen-bond acceptors (Lipinski definition) is 2. The summed E-state index contributed by atoms with van der Waals surface area (Å²) in [5, 5.41) is 6.66. The van der Waals surface area contributed by atoms with Crippen LogP contribution in [0.25, 0.3) is 0 Å². The van der Waals surface area contributed by atoms with E-state index in [9.17, 15) is 0 Å². The van der Waals surface area contributed by atoms with Gasteiger partial charge in [-0.1, -0.05) is 13.8 Å². The highest BCUT2D eigenvalue weighted by molar-refractivity contribution is 5.25. The van der Waals surface area contributed by atoms with Crippen LogP contribution in [0.3, 0.4) is 0 Å². The van der Waals surface area contributed by atoms with Crippen LogP contribution < -0.4 is 4.74 Å². The van der Waals surface area contributed by atoms with E-state index < -0.39 is 0 Å². The zero-order valence-electron chi connectivity index (χ0n) is 6.51. The summed E-state index contributed by atoms with van der Waals surface area (Å²) in [5.74, 6) is 1.17. The second-order valence-electron chi connectivity index (χ2n) is 2.50. The number of hydrogen-bond donors (Lipinski definition) is 1. The number of rotatable bonds is 2. The molecule has 0 radical (unpaired) electrons. The van der Waals surface area contributed by atoms with Crippen LogP contribution in [0, 0.1) is 0 Å². The molecule has 0 saturated heterocycles. The molecule has 3 nitrogen and oxygen atoms in total. The summed E-state index contributed by atoms with van der Waals surface area (Å²) >= 11 is 0. The Kier molecular flexibility index (Phi) is 1.94. The molecule has 1 rings (SSSR count). The smallest absolute Gasteiger partial charge is 0.235 e. The van der Waals surface area contributed by atoms with Crippen LogP contribution in [0.1, 0.15) is 25.3 Å². The first-order valence-electron chi connectivity index (χ1n) is 3.33. The minimum atomic E-state index is 0.466. The summed E-state index contributed by atoms with van der Waals surface area (Å²) in [6.45, 7) is 4.21. The van der Waals surface area contributed by atoms with Gasteiger partial charge in [0.05, 0.1) is 7.11 Å². The highest BCUT2D eigenvalue weighted by Gasteiger charge is 2.07. The standard InChI is InChI=1S/C7H12N2O/c1-5(2)6-4-8-9-7(6)10-3/h4-5H,1-3H3,(H,8,9). The molecule has 0 spiro atoms. The first kappa shape index (κ1) is 7.12. The van der Waals surface area contributed by atoms with E-state index in [4.69, 9.17) is 4.74 Å². The molecule has 0 atom stereocenters. The molecule has 1 aromatic rings. The Morgan fingerprint density at radius 3 is 2.70 bits per heavy atom. The lowest BCUT2D eigenvalue weighted by molar-refractivity contribution is 0.390. The minimum absolute atomic E-state index is 0.466. The second kappa shape index (κ2) is 2.73. The molecule has 0 unspecified atom stereocenters. The van der Waals surface area contributed by atoms with Gasteiger partial charge in [-0.3, -0.25) is 5.10 Å². The maximum atomic E-state index is 5.00. The first-order chi connectivity index (χ1) is 4.75. The molecule has 1 aromatic heterocycles. The molecule has 10 heavy (non-hydrogen) atoms. The van der Waals surface area contributed by atoms with E-state index >= 15 is 0 Å². The van der Waals surface area contributed by atoms with Crippen molar-refractivity contribution in [3.8, 4) is 5.88 Å². The van der Waals surface area contributed by atoms with Crippen molar-refractivity contribution in [3.05, 3.63) is 11.8 Å². The highest BCUT2D eigenvalue weighted by atomic mass is 16.5. The molecule has 0 fully saturated rings. The fourth-order valence-corrected chi connectivity index (χ4v) is 0.864. The number of aromatic amines is 1. The molecule has 0 aromatic carbocycles. The van der Waals surface area contributed by atoms with E-state index in [0.717, 1.165) is 5.56 Å². The predicted octanol–water partition coefficient (Wildman–Crippen LogP) is 1.54. The summed E-state index contributed by atoms with van der Waals surface area (Å²) in [5.41, 5.74) is 1.13. The Hall–Kier alpha value is -0.990. The molecule has 3 heteroatoms. The number of aromatic nitrogens is 2. The van der Waals surface area contributed by atoms with Crippen molar-refractivity contribution >= 4 is 0 Å². The monoisotopic (exact) mass is 140 g/mol. The van der Waals surface area contributed by atoms with E-state index in [1.165, 1.54) is 0 Å². The topological polar surface area (TPSA) is 37.9 Å². The van der Waals surface area contributed by atoms with E-state index in [2.05, 4.69) is 24.0 Å². The van der Waals surface area contributed by atoms with Gasteiger partial charge in [-0.25, -0.2) is 0 Å². The molecule has 0 aliphatic carbocycles. The van der Waals surface area contributed by atoms with Gasteiger partial charge in [-0.2, -0.15) is 0 Å². The summed E-state index contributed by atoms with van der Waals surface area (Å²) in [4.78, 5) is 0. The molecule has 0 aliphatic rings. The molecular formula is C7H12N2O. The SMILES string of the molecule is COc1n[nH]cc1C(C)C. The highest BCUT2D eigenvalue weighted by Crippen LogP contribution is 2.22. The summed E-state index contributed by atoms with van der Waals surface area (Å²) < 4.78 is 5.00. The summed E-state index contributed by atoms with van der Waals surface area (Å²) in [6.07, 6.45) is 1.86. The zero-order valence-corrected chi connectivity index (χ0v) is 6.51. The Balaban J connectivity index is 2.90. The predicted molar refractivity (Wildman–Crippen MR) is 39.2 cm³/mol. The maximum absolute atomic E-state index is 5.00. The number of H-pyrrole nitrogens is 1. The van der Waals surface area contributed by atoms with Gasteiger partial charge < -0.3 is 4.74 Å². The van der Waals surface area contributed by atoms with Gasteiger partial charge in [0.1, 0.15) is 0 Å². The molecule has 0 bridgehead atoms. The Labute approximate surface area is 60.4 Å².